The Hall–Kier alpha value is -0.910. The van der Waals surface area contributed by atoms with Gasteiger partial charge in [0.05, 0.1) is 5.54 Å². The number of nitrogens with two attached hydrogens (primary N) is 1. The van der Waals surface area contributed by atoms with Crippen molar-refractivity contribution in [2.24, 2.45) is 5.73 Å². The van der Waals surface area contributed by atoms with Crippen LogP contribution >= 0.6 is 12.4 Å². The molecular formula is C15H23ClN2O2S. The first kappa shape index (κ1) is 18.1. The standard InChI is InChI=1S/C15H22N2O2S.ClH/c1-14(2,3)20(19)10-11-5-4-6-12(9-11)17-13(18)15(16)7-8-15;/h4-6,9H,7-8,10,16H2,1-3H3,(H,17,18);1H. The van der Waals surface area contributed by atoms with E-state index in [-0.39, 0.29) is 23.1 Å². The van der Waals surface area contributed by atoms with Crippen LogP contribution in [0.1, 0.15) is 39.2 Å². The molecule has 0 heterocycles. The second-order valence-electron chi connectivity index (χ2n) is 6.41. The Morgan fingerprint density at radius 3 is 2.52 bits per heavy atom. The lowest BCUT2D eigenvalue weighted by atomic mass is 10.2. The molecule has 1 aliphatic rings. The molecule has 2 rings (SSSR count). The fraction of sp³-hybridized carbons (Fsp3) is 0.533. The maximum atomic E-state index is 12.1. The van der Waals surface area contributed by atoms with Crippen LogP contribution in [-0.2, 0) is 21.3 Å². The van der Waals surface area contributed by atoms with Crippen LogP contribution in [0, 0.1) is 0 Å². The highest BCUT2D eigenvalue weighted by atomic mass is 35.5. The van der Waals surface area contributed by atoms with Gasteiger partial charge in [0.25, 0.3) is 0 Å². The van der Waals surface area contributed by atoms with E-state index in [0.717, 1.165) is 24.1 Å². The largest absolute Gasteiger partial charge is 0.324 e. The fourth-order valence-corrected chi connectivity index (χ4v) is 2.64. The van der Waals surface area contributed by atoms with Crippen molar-refractivity contribution in [2.45, 2.75) is 49.7 Å². The summed E-state index contributed by atoms with van der Waals surface area (Å²) in [6, 6.07) is 7.48. The van der Waals surface area contributed by atoms with Gasteiger partial charge in [-0.3, -0.25) is 9.00 Å². The first-order valence-corrected chi connectivity index (χ1v) is 8.10. The molecule has 1 aromatic rings. The summed E-state index contributed by atoms with van der Waals surface area (Å²) in [6.07, 6.45) is 1.49. The van der Waals surface area contributed by atoms with Crippen LogP contribution in [0.2, 0.25) is 0 Å². The Balaban J connectivity index is 0.00000220. The van der Waals surface area contributed by atoms with E-state index in [2.05, 4.69) is 5.32 Å². The molecule has 4 nitrogen and oxygen atoms in total. The number of amides is 1. The second kappa shape index (κ2) is 6.46. The van der Waals surface area contributed by atoms with Crippen LogP contribution in [-0.4, -0.2) is 20.4 Å². The molecule has 1 fully saturated rings. The van der Waals surface area contributed by atoms with E-state index in [1.54, 1.807) is 0 Å². The number of rotatable bonds is 4. The molecule has 6 heteroatoms. The van der Waals surface area contributed by atoms with E-state index in [1.165, 1.54) is 0 Å². The topological polar surface area (TPSA) is 72.2 Å². The number of hydrogen-bond donors (Lipinski definition) is 2. The van der Waals surface area contributed by atoms with Crippen molar-refractivity contribution in [2.75, 3.05) is 5.32 Å². The minimum Gasteiger partial charge on any atom is -0.324 e. The molecule has 1 aromatic carbocycles. The van der Waals surface area contributed by atoms with E-state index in [1.807, 2.05) is 45.0 Å². The van der Waals surface area contributed by atoms with Crippen LogP contribution < -0.4 is 11.1 Å². The SMILES string of the molecule is CC(C)(C)S(=O)Cc1cccc(NC(=O)C2(N)CC2)c1.Cl. The van der Waals surface area contributed by atoms with Crippen molar-refractivity contribution in [3.05, 3.63) is 29.8 Å². The molecule has 1 unspecified atom stereocenters. The zero-order valence-corrected chi connectivity index (χ0v) is 14.3. The Morgan fingerprint density at radius 1 is 1.38 bits per heavy atom. The quantitative estimate of drug-likeness (QED) is 0.891. The molecule has 21 heavy (non-hydrogen) atoms. The van der Waals surface area contributed by atoms with Gasteiger partial charge in [-0.05, 0) is 51.3 Å². The monoisotopic (exact) mass is 330 g/mol. The first-order valence-electron chi connectivity index (χ1n) is 6.78. The zero-order valence-electron chi connectivity index (χ0n) is 12.6. The predicted molar refractivity (Wildman–Crippen MR) is 90.1 cm³/mol. The van der Waals surface area contributed by atoms with Gasteiger partial charge in [0.2, 0.25) is 5.91 Å². The van der Waals surface area contributed by atoms with Gasteiger partial charge >= 0.3 is 0 Å². The summed E-state index contributed by atoms with van der Waals surface area (Å²) in [5.41, 5.74) is 6.85. The van der Waals surface area contributed by atoms with E-state index in [9.17, 15) is 9.00 Å². The summed E-state index contributed by atoms with van der Waals surface area (Å²) in [4.78, 5) is 11.9. The third-order valence-electron chi connectivity index (χ3n) is 3.41. The highest BCUT2D eigenvalue weighted by Gasteiger charge is 2.45. The molecule has 1 amide bonds. The average Bonchev–Trinajstić information content (AvgIpc) is 3.08. The van der Waals surface area contributed by atoms with E-state index >= 15 is 0 Å². The lowest BCUT2D eigenvalue weighted by Crippen LogP contribution is -2.37. The summed E-state index contributed by atoms with van der Waals surface area (Å²) in [5.74, 6) is 0.354. The molecule has 0 spiro atoms. The van der Waals surface area contributed by atoms with Crippen LogP contribution in [0.25, 0.3) is 0 Å². The Bertz CT molecular complexity index is 516. The van der Waals surface area contributed by atoms with Crippen LogP contribution in [0.5, 0.6) is 0 Å². The Kier molecular flexibility index (Phi) is 5.58. The summed E-state index contributed by atoms with van der Waals surface area (Å²) in [7, 11) is -0.951. The molecule has 1 atom stereocenters. The average molecular weight is 331 g/mol. The number of anilines is 1. The maximum absolute atomic E-state index is 12.1. The third kappa shape index (κ3) is 4.80. The number of carbonyl (C=O) groups excluding carboxylic acids is 1. The molecular weight excluding hydrogens is 308 g/mol. The number of carbonyl (C=O) groups is 1. The highest BCUT2D eigenvalue weighted by molar-refractivity contribution is 7.85. The molecule has 0 bridgehead atoms. The van der Waals surface area contributed by atoms with Crippen molar-refractivity contribution in [1.29, 1.82) is 0 Å². The summed E-state index contributed by atoms with van der Waals surface area (Å²) >= 11 is 0. The molecule has 1 saturated carbocycles. The molecule has 0 aliphatic heterocycles. The highest BCUT2D eigenvalue weighted by Crippen LogP contribution is 2.33. The number of halogens is 1. The minimum absolute atomic E-state index is 0. The van der Waals surface area contributed by atoms with Gasteiger partial charge in [0.1, 0.15) is 0 Å². The van der Waals surface area contributed by atoms with Crippen LogP contribution in [0.15, 0.2) is 24.3 Å². The van der Waals surface area contributed by atoms with Crippen molar-refractivity contribution in [3.8, 4) is 0 Å². The number of hydrogen-bond acceptors (Lipinski definition) is 3. The van der Waals surface area contributed by atoms with Gasteiger partial charge in [0, 0.05) is 27.0 Å². The van der Waals surface area contributed by atoms with Crippen molar-refractivity contribution >= 4 is 34.8 Å². The third-order valence-corrected chi connectivity index (χ3v) is 5.37. The second-order valence-corrected chi connectivity index (χ2v) is 8.62. The first-order chi connectivity index (χ1) is 9.21. The smallest absolute Gasteiger partial charge is 0.244 e. The van der Waals surface area contributed by atoms with Gasteiger partial charge in [-0.15, -0.1) is 12.4 Å². The van der Waals surface area contributed by atoms with E-state index < -0.39 is 16.3 Å². The van der Waals surface area contributed by atoms with Crippen molar-refractivity contribution < 1.29 is 9.00 Å². The molecule has 0 saturated heterocycles. The van der Waals surface area contributed by atoms with Gasteiger partial charge < -0.3 is 11.1 Å². The molecule has 0 radical (unpaired) electrons. The molecule has 118 valence electrons. The van der Waals surface area contributed by atoms with Gasteiger partial charge in [-0.2, -0.15) is 0 Å². The minimum atomic E-state index is -0.951. The summed E-state index contributed by atoms with van der Waals surface area (Å²) < 4.78 is 11.9. The molecule has 1 aliphatic carbocycles. The predicted octanol–water partition coefficient (Wildman–Crippen LogP) is 2.59. The zero-order chi connectivity index (χ0) is 15.0. The Labute approximate surface area is 134 Å². The Morgan fingerprint density at radius 2 is 2.00 bits per heavy atom. The summed E-state index contributed by atoms with van der Waals surface area (Å²) in [5, 5.41) is 2.83. The van der Waals surface area contributed by atoms with Crippen LogP contribution in [0.3, 0.4) is 0 Å². The van der Waals surface area contributed by atoms with E-state index in [0.29, 0.717) is 5.75 Å². The van der Waals surface area contributed by atoms with E-state index in [4.69, 9.17) is 5.73 Å². The molecule has 3 N–H and O–H groups in total. The lowest BCUT2D eigenvalue weighted by molar-refractivity contribution is -0.118. The lowest BCUT2D eigenvalue weighted by Gasteiger charge is -2.18. The normalized spacial score (nSPS) is 17.5. The number of nitrogens with one attached hydrogen (secondary N) is 1. The number of benzene rings is 1. The fourth-order valence-electron chi connectivity index (χ4n) is 1.72. The molecule has 0 aromatic heterocycles. The summed E-state index contributed by atoms with van der Waals surface area (Å²) in [6.45, 7) is 5.88. The van der Waals surface area contributed by atoms with Crippen molar-refractivity contribution in [1.82, 2.24) is 0 Å². The van der Waals surface area contributed by atoms with Crippen LogP contribution in [0.4, 0.5) is 5.69 Å². The van der Waals surface area contributed by atoms with Gasteiger partial charge in [-0.1, -0.05) is 12.1 Å². The van der Waals surface area contributed by atoms with Crippen molar-refractivity contribution in [3.63, 3.8) is 0 Å². The maximum Gasteiger partial charge on any atom is 0.244 e. The van der Waals surface area contributed by atoms with Gasteiger partial charge in [0.15, 0.2) is 0 Å². The van der Waals surface area contributed by atoms with Gasteiger partial charge in [-0.25, -0.2) is 0 Å².